The number of rotatable bonds is 2. The molecule has 0 radical (unpaired) electrons. The highest BCUT2D eigenvalue weighted by Gasteiger charge is 2.74. The third kappa shape index (κ3) is 1.06. The number of amides is 1. The Labute approximate surface area is 104 Å². The highest BCUT2D eigenvalue weighted by atomic mass is 16.4. The zero-order valence-corrected chi connectivity index (χ0v) is 10.6. The van der Waals surface area contributed by atoms with Crippen LogP contribution in [0, 0.1) is 16.2 Å². The fraction of sp³-hybridized carbons (Fsp3) is 0.750. The Bertz CT molecular complexity index is 457. The Morgan fingerprint density at radius 2 is 1.78 bits per heavy atom. The van der Waals surface area contributed by atoms with E-state index in [2.05, 4.69) is 5.32 Å². The molecule has 1 aliphatic heterocycles. The number of nitrogens with one attached hydrogen (secondary N) is 1. The van der Waals surface area contributed by atoms with Gasteiger partial charge >= 0.3 is 11.9 Å². The van der Waals surface area contributed by atoms with E-state index >= 15 is 0 Å². The smallest absolute Gasteiger partial charge is 0.327 e. The van der Waals surface area contributed by atoms with Crippen molar-refractivity contribution in [2.24, 2.45) is 16.2 Å². The van der Waals surface area contributed by atoms with Crippen LogP contribution < -0.4 is 5.32 Å². The van der Waals surface area contributed by atoms with E-state index in [4.69, 9.17) is 0 Å². The summed E-state index contributed by atoms with van der Waals surface area (Å²) in [6.45, 7) is 5.08. The summed E-state index contributed by atoms with van der Waals surface area (Å²) in [5.41, 5.74) is -3.18. The zero-order valence-electron chi connectivity index (χ0n) is 10.6. The minimum absolute atomic E-state index is 0.196. The SMILES string of the molecule is CC1(C)[C@]2(C)CC[C@@]1(C(=O)O)[C@H](C(=O)O)NC2=O. The molecule has 1 saturated carbocycles. The molecule has 0 spiro atoms. The lowest BCUT2D eigenvalue weighted by molar-refractivity contribution is -0.179. The van der Waals surface area contributed by atoms with Gasteiger partial charge in [-0.05, 0) is 18.3 Å². The molecule has 2 bridgehead atoms. The Balaban J connectivity index is 2.68. The minimum atomic E-state index is -1.44. The van der Waals surface area contributed by atoms with Gasteiger partial charge in [-0.2, -0.15) is 0 Å². The van der Waals surface area contributed by atoms with Crippen molar-refractivity contribution in [1.29, 1.82) is 0 Å². The first kappa shape index (κ1) is 12.9. The largest absolute Gasteiger partial charge is 0.481 e. The first-order valence-electron chi connectivity index (χ1n) is 5.88. The van der Waals surface area contributed by atoms with Crippen LogP contribution in [0.15, 0.2) is 0 Å². The number of carbonyl (C=O) groups excluding carboxylic acids is 1. The van der Waals surface area contributed by atoms with Crippen molar-refractivity contribution in [1.82, 2.24) is 5.32 Å². The molecule has 2 rings (SSSR count). The predicted octanol–water partition coefficient (Wildman–Crippen LogP) is 0.467. The molecule has 0 aromatic heterocycles. The number of carboxylic acids is 2. The summed E-state index contributed by atoms with van der Waals surface area (Å²) >= 11 is 0. The lowest BCUT2D eigenvalue weighted by atomic mass is 9.53. The molecule has 3 N–H and O–H groups in total. The quantitative estimate of drug-likeness (QED) is 0.665. The summed E-state index contributed by atoms with van der Waals surface area (Å²) in [7, 11) is 0. The van der Waals surface area contributed by atoms with Crippen molar-refractivity contribution >= 4 is 17.8 Å². The second-order valence-electron chi connectivity index (χ2n) is 5.98. The number of hydrogen-bond donors (Lipinski definition) is 3. The number of carboxylic acid groups (broad SMARTS) is 2. The molecule has 6 nitrogen and oxygen atoms in total. The van der Waals surface area contributed by atoms with Crippen LogP contribution in [-0.2, 0) is 14.4 Å². The second-order valence-corrected chi connectivity index (χ2v) is 5.98. The standard InChI is InChI=1S/C12H17NO5/c1-10(2)11(3)4-5-12(10,9(17)18)6(7(14)15)13-8(11)16/h6H,4-5H2,1-3H3,(H,13,16)(H,14,15)(H,17,18)/t6-,11+,12-/m0/s1. The van der Waals surface area contributed by atoms with Gasteiger partial charge in [0.15, 0.2) is 0 Å². The van der Waals surface area contributed by atoms with Crippen LogP contribution in [0.5, 0.6) is 0 Å². The van der Waals surface area contributed by atoms with Crippen LogP contribution in [-0.4, -0.2) is 34.1 Å². The van der Waals surface area contributed by atoms with Gasteiger partial charge in [0.1, 0.15) is 11.5 Å². The van der Waals surface area contributed by atoms with Crippen molar-refractivity contribution in [2.75, 3.05) is 0 Å². The summed E-state index contributed by atoms with van der Waals surface area (Å²) in [6.07, 6.45) is 0.587. The molecule has 1 amide bonds. The Morgan fingerprint density at radius 3 is 2.22 bits per heavy atom. The first-order valence-corrected chi connectivity index (χ1v) is 5.88. The molecule has 1 heterocycles. The Morgan fingerprint density at radius 1 is 1.22 bits per heavy atom. The topological polar surface area (TPSA) is 104 Å². The third-order valence-electron chi connectivity index (χ3n) is 5.41. The Kier molecular flexibility index (Phi) is 2.32. The molecule has 100 valence electrons. The van der Waals surface area contributed by atoms with Gasteiger partial charge in [0.25, 0.3) is 0 Å². The average Bonchev–Trinajstić information content (AvgIpc) is 2.39. The second kappa shape index (κ2) is 3.24. The van der Waals surface area contributed by atoms with Gasteiger partial charge in [0.05, 0.1) is 5.41 Å². The Hall–Kier alpha value is -1.59. The number of piperidine rings is 1. The highest BCUT2D eigenvalue weighted by Crippen LogP contribution is 2.66. The monoisotopic (exact) mass is 255 g/mol. The van der Waals surface area contributed by atoms with Crippen LogP contribution in [0.1, 0.15) is 33.6 Å². The van der Waals surface area contributed by atoms with Crippen molar-refractivity contribution in [3.63, 3.8) is 0 Å². The number of hydrogen-bond acceptors (Lipinski definition) is 3. The molecule has 1 saturated heterocycles. The van der Waals surface area contributed by atoms with Gasteiger partial charge in [-0.1, -0.05) is 20.8 Å². The summed E-state index contributed by atoms with van der Waals surface area (Å²) in [6, 6.07) is -1.37. The maximum Gasteiger partial charge on any atom is 0.327 e. The molecule has 0 unspecified atom stereocenters. The minimum Gasteiger partial charge on any atom is -0.481 e. The van der Waals surface area contributed by atoms with E-state index in [9.17, 15) is 24.6 Å². The molecule has 2 fully saturated rings. The van der Waals surface area contributed by atoms with Gasteiger partial charge in [0.2, 0.25) is 5.91 Å². The number of carbonyl (C=O) groups is 3. The first-order chi connectivity index (χ1) is 8.11. The van der Waals surface area contributed by atoms with Gasteiger partial charge in [0, 0.05) is 0 Å². The number of aliphatic carboxylic acids is 2. The molecule has 18 heavy (non-hydrogen) atoms. The maximum absolute atomic E-state index is 12.1. The van der Waals surface area contributed by atoms with Crippen molar-refractivity contribution < 1.29 is 24.6 Å². The molecule has 2 aliphatic rings. The molecule has 0 aromatic carbocycles. The summed E-state index contributed by atoms with van der Waals surface area (Å²) in [5, 5.41) is 21.2. The van der Waals surface area contributed by atoms with E-state index < -0.39 is 34.2 Å². The predicted molar refractivity (Wildman–Crippen MR) is 60.8 cm³/mol. The fourth-order valence-corrected chi connectivity index (χ4v) is 3.65. The molecular weight excluding hydrogens is 238 g/mol. The van der Waals surface area contributed by atoms with E-state index in [1.165, 1.54) is 0 Å². The van der Waals surface area contributed by atoms with Gasteiger partial charge < -0.3 is 15.5 Å². The van der Waals surface area contributed by atoms with E-state index in [0.29, 0.717) is 6.42 Å². The van der Waals surface area contributed by atoms with Crippen molar-refractivity contribution in [3.05, 3.63) is 0 Å². The van der Waals surface area contributed by atoms with Gasteiger partial charge in [-0.3, -0.25) is 9.59 Å². The van der Waals surface area contributed by atoms with Gasteiger partial charge in [-0.25, -0.2) is 4.79 Å². The summed E-state index contributed by atoms with van der Waals surface area (Å²) < 4.78 is 0. The van der Waals surface area contributed by atoms with Crippen molar-refractivity contribution in [3.8, 4) is 0 Å². The lowest BCUT2D eigenvalue weighted by Crippen LogP contribution is -2.69. The van der Waals surface area contributed by atoms with E-state index in [-0.39, 0.29) is 12.3 Å². The zero-order chi connectivity index (χ0) is 13.9. The molecule has 0 aromatic rings. The van der Waals surface area contributed by atoms with Crippen LogP contribution in [0.2, 0.25) is 0 Å². The van der Waals surface area contributed by atoms with Crippen LogP contribution >= 0.6 is 0 Å². The van der Waals surface area contributed by atoms with Gasteiger partial charge in [-0.15, -0.1) is 0 Å². The van der Waals surface area contributed by atoms with Crippen LogP contribution in [0.4, 0.5) is 0 Å². The number of fused-ring (bicyclic) bond motifs is 2. The normalized spacial score (nSPS) is 41.3. The van der Waals surface area contributed by atoms with E-state index in [1.54, 1.807) is 20.8 Å². The average molecular weight is 255 g/mol. The fourth-order valence-electron chi connectivity index (χ4n) is 3.65. The highest BCUT2D eigenvalue weighted by molar-refractivity contribution is 5.97. The van der Waals surface area contributed by atoms with Crippen molar-refractivity contribution in [2.45, 2.75) is 39.7 Å². The van der Waals surface area contributed by atoms with E-state index in [0.717, 1.165) is 0 Å². The van der Waals surface area contributed by atoms with E-state index in [1.807, 2.05) is 0 Å². The molecule has 3 atom stereocenters. The van der Waals surface area contributed by atoms with Crippen LogP contribution in [0.3, 0.4) is 0 Å². The summed E-state index contributed by atoms with van der Waals surface area (Å²) in [4.78, 5) is 35.1. The maximum atomic E-state index is 12.1. The molecular formula is C12H17NO5. The van der Waals surface area contributed by atoms with Crippen LogP contribution in [0.25, 0.3) is 0 Å². The molecule has 6 heteroatoms. The molecule has 1 aliphatic carbocycles. The third-order valence-corrected chi connectivity index (χ3v) is 5.41. The summed E-state index contributed by atoms with van der Waals surface area (Å²) in [5.74, 6) is -2.80. The lowest BCUT2D eigenvalue weighted by Gasteiger charge is -2.52.